The van der Waals surface area contributed by atoms with E-state index in [0.29, 0.717) is 60.6 Å². The van der Waals surface area contributed by atoms with E-state index in [0.717, 1.165) is 62.3 Å². The molecule has 234 valence electrons. The maximum atomic E-state index is 14.0. The summed E-state index contributed by atoms with van der Waals surface area (Å²) in [5.74, 6) is 1.79. The van der Waals surface area contributed by atoms with Gasteiger partial charge in [-0.3, -0.25) is 14.5 Å². The molecule has 4 aliphatic carbocycles. The van der Waals surface area contributed by atoms with Crippen LogP contribution < -0.4 is 9.47 Å². The smallest absolute Gasteiger partial charge is 0.342 e. The second-order valence-corrected chi connectivity index (χ2v) is 13.4. The fourth-order valence-electron chi connectivity index (χ4n) is 8.55. The van der Waals surface area contributed by atoms with Crippen molar-refractivity contribution in [2.24, 2.45) is 23.2 Å². The number of hydrogen-bond acceptors (Lipinski definition) is 9. The third-order valence-electron chi connectivity index (χ3n) is 10.4. The number of morpholine rings is 1. The zero-order chi connectivity index (χ0) is 30.1. The number of carbonyl (C=O) groups excluding carboxylic acids is 3. The third kappa shape index (κ3) is 6.21. The molecule has 1 aromatic rings. The Bertz CT molecular complexity index is 1260. The number of methoxy groups -OCH3 is 1. The van der Waals surface area contributed by atoms with Crippen molar-refractivity contribution in [2.45, 2.75) is 78.2 Å². The second kappa shape index (κ2) is 12.6. The molecule has 6 aliphatic rings. The molecule has 5 fully saturated rings. The minimum Gasteiger partial charge on any atom is -0.496 e. The summed E-state index contributed by atoms with van der Waals surface area (Å²) in [6.45, 7) is 8.29. The first-order valence-electron chi connectivity index (χ1n) is 16.0. The van der Waals surface area contributed by atoms with Crippen molar-refractivity contribution >= 4 is 17.9 Å². The number of hydrogen-bond donors (Lipinski definition) is 0. The van der Waals surface area contributed by atoms with E-state index in [9.17, 15) is 14.4 Å². The van der Waals surface area contributed by atoms with Crippen LogP contribution in [0.5, 0.6) is 11.5 Å². The van der Waals surface area contributed by atoms with Crippen LogP contribution in [0.4, 0.5) is 0 Å². The predicted molar refractivity (Wildman–Crippen MR) is 158 cm³/mol. The van der Waals surface area contributed by atoms with Gasteiger partial charge in [0.25, 0.3) is 0 Å². The summed E-state index contributed by atoms with van der Waals surface area (Å²) in [6, 6.07) is 0. The molecule has 0 atom stereocenters. The number of benzene rings is 1. The quantitative estimate of drug-likeness (QED) is 0.200. The van der Waals surface area contributed by atoms with Crippen molar-refractivity contribution < 1.29 is 38.1 Å². The number of rotatable bonds is 11. The molecule has 0 spiro atoms. The summed E-state index contributed by atoms with van der Waals surface area (Å²) < 4.78 is 28.4. The largest absolute Gasteiger partial charge is 0.496 e. The van der Waals surface area contributed by atoms with Gasteiger partial charge in [0.1, 0.15) is 24.5 Å². The Balaban J connectivity index is 1.16. The molecule has 4 saturated carbocycles. The van der Waals surface area contributed by atoms with Crippen molar-refractivity contribution in [3.8, 4) is 11.5 Å². The molecule has 2 heterocycles. The van der Waals surface area contributed by atoms with Gasteiger partial charge in [0.2, 0.25) is 0 Å². The average molecular weight is 596 g/mol. The van der Waals surface area contributed by atoms with Crippen LogP contribution in [0.15, 0.2) is 11.6 Å². The SMILES string of the molecule is COc1c(C)c2c(c(OC(=O)C34CC5CC(CC(C5)C3)C4)c1CC=C(C)CCC(=O)OCCN1CCOCC1)C(=O)OC2. The lowest BCUT2D eigenvalue weighted by atomic mass is 9.49. The Morgan fingerprint density at radius 3 is 2.35 bits per heavy atom. The molecule has 0 unspecified atom stereocenters. The highest BCUT2D eigenvalue weighted by Crippen LogP contribution is 2.60. The lowest BCUT2D eigenvalue weighted by molar-refractivity contribution is -0.161. The van der Waals surface area contributed by atoms with Crippen LogP contribution in [-0.4, -0.2) is 69.4 Å². The minimum absolute atomic E-state index is 0.140. The zero-order valence-electron chi connectivity index (χ0n) is 25.8. The summed E-state index contributed by atoms with van der Waals surface area (Å²) in [6.07, 6.45) is 9.56. The van der Waals surface area contributed by atoms with Gasteiger partial charge in [-0.25, -0.2) is 4.79 Å². The highest BCUT2D eigenvalue weighted by atomic mass is 16.6. The third-order valence-corrected chi connectivity index (χ3v) is 10.4. The van der Waals surface area contributed by atoms with Crippen LogP contribution >= 0.6 is 0 Å². The Morgan fingerprint density at radius 2 is 1.70 bits per heavy atom. The van der Waals surface area contributed by atoms with E-state index in [-0.39, 0.29) is 30.7 Å². The Kier molecular flexibility index (Phi) is 8.83. The molecule has 1 saturated heterocycles. The van der Waals surface area contributed by atoms with Crippen LogP contribution in [0.3, 0.4) is 0 Å². The van der Waals surface area contributed by atoms with E-state index in [4.69, 9.17) is 23.7 Å². The maximum absolute atomic E-state index is 14.0. The van der Waals surface area contributed by atoms with Crippen LogP contribution in [-0.2, 0) is 36.8 Å². The molecule has 0 amide bonds. The van der Waals surface area contributed by atoms with Gasteiger partial charge >= 0.3 is 17.9 Å². The van der Waals surface area contributed by atoms with E-state index in [2.05, 4.69) is 4.90 Å². The number of ether oxygens (including phenoxy) is 5. The first-order valence-corrected chi connectivity index (χ1v) is 16.0. The van der Waals surface area contributed by atoms with Crippen LogP contribution in [0.25, 0.3) is 0 Å². The lowest BCUT2D eigenvalue weighted by Crippen LogP contribution is -2.51. The first kappa shape index (κ1) is 30.1. The molecule has 1 aromatic carbocycles. The van der Waals surface area contributed by atoms with Crippen molar-refractivity contribution in [2.75, 3.05) is 46.6 Å². The molecule has 0 radical (unpaired) electrons. The van der Waals surface area contributed by atoms with Gasteiger partial charge in [-0.15, -0.1) is 0 Å². The van der Waals surface area contributed by atoms with Crippen LogP contribution in [0.1, 0.15) is 85.3 Å². The van der Waals surface area contributed by atoms with Gasteiger partial charge in [-0.05, 0) is 88.5 Å². The summed E-state index contributed by atoms with van der Waals surface area (Å²) >= 11 is 0. The summed E-state index contributed by atoms with van der Waals surface area (Å²) in [5.41, 5.74) is 3.10. The summed E-state index contributed by atoms with van der Waals surface area (Å²) in [5, 5.41) is 0. The Labute approximate surface area is 254 Å². The predicted octanol–water partition coefficient (Wildman–Crippen LogP) is 4.94. The molecular weight excluding hydrogens is 550 g/mol. The second-order valence-electron chi connectivity index (χ2n) is 13.4. The molecule has 0 N–H and O–H groups in total. The number of cyclic esters (lactones) is 1. The normalized spacial score (nSPS) is 28.0. The Morgan fingerprint density at radius 1 is 1.02 bits per heavy atom. The van der Waals surface area contributed by atoms with Gasteiger partial charge in [-0.2, -0.15) is 0 Å². The van der Waals surface area contributed by atoms with Gasteiger partial charge < -0.3 is 23.7 Å². The molecule has 7 rings (SSSR count). The molecule has 9 nitrogen and oxygen atoms in total. The molecule has 9 heteroatoms. The van der Waals surface area contributed by atoms with Gasteiger partial charge in [-0.1, -0.05) is 11.6 Å². The monoisotopic (exact) mass is 595 g/mol. The van der Waals surface area contributed by atoms with Crippen molar-refractivity contribution in [3.63, 3.8) is 0 Å². The van der Waals surface area contributed by atoms with Crippen molar-refractivity contribution in [1.82, 2.24) is 4.90 Å². The van der Waals surface area contributed by atoms with Gasteiger partial charge in [0.05, 0.1) is 25.7 Å². The average Bonchev–Trinajstić information content (AvgIpc) is 3.38. The van der Waals surface area contributed by atoms with E-state index in [1.807, 2.05) is 19.9 Å². The topological polar surface area (TPSA) is 101 Å². The van der Waals surface area contributed by atoms with E-state index < -0.39 is 11.4 Å². The molecule has 2 aliphatic heterocycles. The zero-order valence-corrected chi connectivity index (χ0v) is 25.8. The van der Waals surface area contributed by atoms with Gasteiger partial charge in [0.15, 0.2) is 5.75 Å². The van der Waals surface area contributed by atoms with E-state index >= 15 is 0 Å². The molecule has 4 bridgehead atoms. The maximum Gasteiger partial charge on any atom is 0.342 e. The number of esters is 3. The van der Waals surface area contributed by atoms with Gasteiger partial charge in [0, 0.05) is 37.2 Å². The number of allylic oxidation sites excluding steroid dienone is 2. The van der Waals surface area contributed by atoms with E-state index in [1.54, 1.807) is 7.11 Å². The fraction of sp³-hybridized carbons (Fsp3) is 0.676. The van der Waals surface area contributed by atoms with Crippen molar-refractivity contribution in [3.05, 3.63) is 33.9 Å². The van der Waals surface area contributed by atoms with Crippen LogP contribution in [0.2, 0.25) is 0 Å². The molecule has 0 aromatic heterocycles. The summed E-state index contributed by atoms with van der Waals surface area (Å²) in [7, 11) is 1.60. The lowest BCUT2D eigenvalue weighted by Gasteiger charge is -2.55. The number of nitrogens with zero attached hydrogens (tertiary/aromatic N) is 1. The molecule has 43 heavy (non-hydrogen) atoms. The highest BCUT2D eigenvalue weighted by molar-refractivity contribution is 5.99. The van der Waals surface area contributed by atoms with Crippen molar-refractivity contribution in [1.29, 1.82) is 0 Å². The highest BCUT2D eigenvalue weighted by Gasteiger charge is 2.56. The Hall–Kier alpha value is -2.91. The first-order chi connectivity index (χ1) is 20.8. The van der Waals surface area contributed by atoms with E-state index in [1.165, 1.54) is 19.3 Å². The summed E-state index contributed by atoms with van der Waals surface area (Å²) in [4.78, 5) is 41.6. The fourth-order valence-corrected chi connectivity index (χ4v) is 8.55. The minimum atomic E-state index is -0.465. The molecular formula is C34H45NO8. The number of fused-ring (bicyclic) bond motifs is 1. The number of carbonyl (C=O) groups is 3. The van der Waals surface area contributed by atoms with Crippen LogP contribution in [0, 0.1) is 30.1 Å². The standard InChI is InChI=1S/C34H45NO8/c1-21(5-7-28(36)41-13-10-35-8-11-40-12-9-35)4-6-26-30(39-3)22(2)27-20-42-32(37)29(27)31(26)43-33(38)34-17-23-14-24(18-34)16-25(15-23)19-34/h4,23-25H,5-20H2,1-3H3.